The van der Waals surface area contributed by atoms with Crippen molar-refractivity contribution in [3.8, 4) is 5.75 Å². The van der Waals surface area contributed by atoms with Gasteiger partial charge in [-0.2, -0.15) is 0 Å². The third-order valence-corrected chi connectivity index (χ3v) is 2.93. The number of hydrogen-bond acceptors (Lipinski definition) is 2. The van der Waals surface area contributed by atoms with Crippen LogP contribution in [-0.4, -0.2) is 18.2 Å². The summed E-state index contributed by atoms with van der Waals surface area (Å²) >= 11 is 0. The highest BCUT2D eigenvalue weighted by molar-refractivity contribution is 5.67. The molecule has 0 bridgehead atoms. The van der Waals surface area contributed by atoms with E-state index in [1.807, 2.05) is 13.0 Å². The van der Waals surface area contributed by atoms with E-state index in [1.165, 1.54) is 0 Å². The lowest BCUT2D eigenvalue weighted by Gasteiger charge is -2.24. The summed E-state index contributed by atoms with van der Waals surface area (Å²) < 4.78 is 5.50. The molecule has 100 valence electrons. The van der Waals surface area contributed by atoms with Crippen LogP contribution in [0.15, 0.2) is 12.1 Å². The third-order valence-electron chi connectivity index (χ3n) is 2.93. The molecule has 0 amide bonds. The SMILES string of the molecule is COc1c(CCC(=O)O)cc(C)cc1C(C)(C)C. The Bertz CT molecular complexity index is 442. The van der Waals surface area contributed by atoms with E-state index in [0.717, 1.165) is 22.4 Å². The van der Waals surface area contributed by atoms with Gasteiger partial charge in [-0.1, -0.05) is 38.5 Å². The average molecular weight is 250 g/mol. The van der Waals surface area contributed by atoms with E-state index in [-0.39, 0.29) is 11.8 Å². The Morgan fingerprint density at radius 2 is 1.94 bits per heavy atom. The summed E-state index contributed by atoms with van der Waals surface area (Å²) in [6.07, 6.45) is 0.632. The summed E-state index contributed by atoms with van der Waals surface area (Å²) in [5.41, 5.74) is 3.23. The van der Waals surface area contributed by atoms with Gasteiger partial charge in [0.05, 0.1) is 7.11 Å². The van der Waals surface area contributed by atoms with Crippen molar-refractivity contribution >= 4 is 5.97 Å². The Balaban J connectivity index is 3.24. The van der Waals surface area contributed by atoms with Crippen molar-refractivity contribution in [3.63, 3.8) is 0 Å². The summed E-state index contributed by atoms with van der Waals surface area (Å²) in [4.78, 5) is 10.7. The molecule has 0 aliphatic carbocycles. The number of carbonyl (C=O) groups is 1. The first kappa shape index (κ1) is 14.6. The summed E-state index contributed by atoms with van der Waals surface area (Å²) in [5, 5.41) is 8.80. The Hall–Kier alpha value is -1.51. The molecule has 0 radical (unpaired) electrons. The van der Waals surface area contributed by atoms with Crippen LogP contribution in [0.5, 0.6) is 5.75 Å². The van der Waals surface area contributed by atoms with Crippen molar-refractivity contribution in [2.45, 2.75) is 46.0 Å². The minimum absolute atomic E-state index is 0.0185. The molecule has 0 aliphatic rings. The van der Waals surface area contributed by atoms with Gasteiger partial charge >= 0.3 is 5.97 Å². The second-order valence-electron chi connectivity index (χ2n) is 5.65. The molecular formula is C15H22O3. The monoisotopic (exact) mass is 250 g/mol. The summed E-state index contributed by atoms with van der Waals surface area (Å²) in [6, 6.07) is 4.13. The van der Waals surface area contributed by atoms with E-state index < -0.39 is 5.97 Å². The lowest BCUT2D eigenvalue weighted by atomic mass is 9.83. The van der Waals surface area contributed by atoms with Crippen molar-refractivity contribution in [1.29, 1.82) is 0 Å². The molecule has 0 saturated carbocycles. The van der Waals surface area contributed by atoms with Crippen LogP contribution in [0.2, 0.25) is 0 Å². The maximum absolute atomic E-state index is 10.7. The van der Waals surface area contributed by atoms with Crippen molar-refractivity contribution in [2.75, 3.05) is 7.11 Å². The van der Waals surface area contributed by atoms with Crippen LogP contribution in [-0.2, 0) is 16.6 Å². The van der Waals surface area contributed by atoms with Crippen molar-refractivity contribution in [1.82, 2.24) is 0 Å². The topological polar surface area (TPSA) is 46.5 Å². The zero-order chi connectivity index (χ0) is 13.9. The molecule has 3 nitrogen and oxygen atoms in total. The smallest absolute Gasteiger partial charge is 0.303 e. The van der Waals surface area contributed by atoms with Crippen LogP contribution in [0, 0.1) is 6.92 Å². The zero-order valence-corrected chi connectivity index (χ0v) is 11.8. The third kappa shape index (κ3) is 3.49. The quantitative estimate of drug-likeness (QED) is 0.891. The van der Waals surface area contributed by atoms with Gasteiger partial charge in [0.15, 0.2) is 0 Å². The number of aryl methyl sites for hydroxylation is 2. The van der Waals surface area contributed by atoms with Crippen LogP contribution < -0.4 is 4.74 Å². The fraction of sp³-hybridized carbons (Fsp3) is 0.533. The molecule has 0 aliphatic heterocycles. The molecule has 1 N–H and O–H groups in total. The lowest BCUT2D eigenvalue weighted by Crippen LogP contribution is -2.14. The first-order chi connectivity index (χ1) is 8.25. The first-order valence-corrected chi connectivity index (χ1v) is 6.15. The number of methoxy groups -OCH3 is 1. The predicted molar refractivity (Wildman–Crippen MR) is 72.4 cm³/mol. The minimum Gasteiger partial charge on any atom is -0.496 e. The highest BCUT2D eigenvalue weighted by Gasteiger charge is 2.21. The van der Waals surface area contributed by atoms with Gasteiger partial charge in [-0.05, 0) is 24.3 Å². The highest BCUT2D eigenvalue weighted by Crippen LogP contribution is 2.35. The van der Waals surface area contributed by atoms with Crippen LogP contribution in [0.1, 0.15) is 43.9 Å². The molecule has 0 fully saturated rings. The van der Waals surface area contributed by atoms with Gasteiger partial charge < -0.3 is 9.84 Å². The largest absolute Gasteiger partial charge is 0.496 e. The predicted octanol–water partition coefficient (Wildman–Crippen LogP) is 3.32. The molecule has 3 heteroatoms. The van der Waals surface area contributed by atoms with Gasteiger partial charge in [0.2, 0.25) is 0 Å². The molecule has 1 rings (SSSR count). The Kier molecular flexibility index (Phi) is 4.38. The number of carboxylic acids is 1. The van der Waals surface area contributed by atoms with Gasteiger partial charge in [0.25, 0.3) is 0 Å². The van der Waals surface area contributed by atoms with Gasteiger partial charge in [0, 0.05) is 12.0 Å². The number of aliphatic carboxylic acids is 1. The minimum atomic E-state index is -0.782. The second kappa shape index (κ2) is 5.42. The van der Waals surface area contributed by atoms with Gasteiger partial charge in [-0.15, -0.1) is 0 Å². The number of hydrogen-bond donors (Lipinski definition) is 1. The average Bonchev–Trinajstić information content (AvgIpc) is 2.24. The molecule has 0 unspecified atom stereocenters. The van der Waals surface area contributed by atoms with E-state index in [1.54, 1.807) is 7.11 Å². The molecule has 1 aromatic rings. The number of benzene rings is 1. The van der Waals surface area contributed by atoms with E-state index in [9.17, 15) is 4.79 Å². The molecule has 0 saturated heterocycles. The Labute approximate surface area is 109 Å². The normalized spacial score (nSPS) is 11.4. The van der Waals surface area contributed by atoms with E-state index in [0.29, 0.717) is 6.42 Å². The fourth-order valence-corrected chi connectivity index (χ4v) is 2.07. The summed E-state index contributed by atoms with van der Waals surface area (Å²) in [6.45, 7) is 8.42. The maximum atomic E-state index is 10.7. The first-order valence-electron chi connectivity index (χ1n) is 6.15. The fourth-order valence-electron chi connectivity index (χ4n) is 2.07. The zero-order valence-electron chi connectivity index (χ0n) is 11.8. The molecular weight excluding hydrogens is 228 g/mol. The Morgan fingerprint density at radius 3 is 2.39 bits per heavy atom. The molecule has 0 atom stereocenters. The van der Waals surface area contributed by atoms with E-state index in [4.69, 9.17) is 9.84 Å². The van der Waals surface area contributed by atoms with Crippen molar-refractivity contribution in [2.24, 2.45) is 0 Å². The number of carboxylic acid groups (broad SMARTS) is 1. The van der Waals surface area contributed by atoms with E-state index >= 15 is 0 Å². The van der Waals surface area contributed by atoms with Crippen LogP contribution >= 0.6 is 0 Å². The molecule has 0 aromatic heterocycles. The summed E-state index contributed by atoms with van der Waals surface area (Å²) in [7, 11) is 1.64. The number of rotatable bonds is 4. The highest BCUT2D eigenvalue weighted by atomic mass is 16.5. The van der Waals surface area contributed by atoms with Gasteiger partial charge in [0.1, 0.15) is 5.75 Å². The second-order valence-corrected chi connectivity index (χ2v) is 5.65. The van der Waals surface area contributed by atoms with Crippen LogP contribution in [0.3, 0.4) is 0 Å². The maximum Gasteiger partial charge on any atom is 0.303 e. The molecule has 18 heavy (non-hydrogen) atoms. The van der Waals surface area contributed by atoms with Crippen LogP contribution in [0.25, 0.3) is 0 Å². The van der Waals surface area contributed by atoms with E-state index in [2.05, 4.69) is 26.8 Å². The summed E-state index contributed by atoms with van der Waals surface area (Å²) in [5.74, 6) is 0.0465. The van der Waals surface area contributed by atoms with Gasteiger partial charge in [-0.3, -0.25) is 4.79 Å². The molecule has 0 spiro atoms. The number of ether oxygens (including phenoxy) is 1. The standard InChI is InChI=1S/C15H22O3/c1-10-8-11(6-7-13(16)17)14(18-5)12(9-10)15(2,3)4/h8-9H,6-7H2,1-5H3,(H,16,17). The lowest BCUT2D eigenvalue weighted by molar-refractivity contribution is -0.136. The Morgan fingerprint density at radius 1 is 1.33 bits per heavy atom. The van der Waals surface area contributed by atoms with Crippen molar-refractivity contribution < 1.29 is 14.6 Å². The van der Waals surface area contributed by atoms with Gasteiger partial charge in [-0.25, -0.2) is 0 Å². The molecule has 1 aromatic carbocycles. The molecule has 0 heterocycles. The van der Waals surface area contributed by atoms with Crippen molar-refractivity contribution in [3.05, 3.63) is 28.8 Å². The van der Waals surface area contributed by atoms with Crippen LogP contribution in [0.4, 0.5) is 0 Å².